The van der Waals surface area contributed by atoms with Crippen LogP contribution in [-0.2, 0) is 16.1 Å². The molecule has 0 saturated carbocycles. The number of nitrogens with zero attached hydrogens (tertiary/aromatic N) is 2. The normalized spacial score (nSPS) is 19.5. The lowest BCUT2D eigenvalue weighted by Crippen LogP contribution is -2.48. The third-order valence-corrected chi connectivity index (χ3v) is 5.00. The number of nitrogens with one attached hydrogen (secondary N) is 3. The molecule has 148 valence electrons. The molecule has 1 aromatic carbocycles. The van der Waals surface area contributed by atoms with Crippen LogP contribution in [0.25, 0.3) is 0 Å². The number of guanidine groups is 1. The van der Waals surface area contributed by atoms with E-state index in [0.717, 1.165) is 25.2 Å². The van der Waals surface area contributed by atoms with Crippen LogP contribution < -0.4 is 10.6 Å². The third kappa shape index (κ3) is 5.43. The standard InChI is InChI=1S/C19H28ClN5O2/c1-4-24(5-2)10-9-22-16(26)12-19(3)17(27)25(18(21)23-19)13-14-7-6-8-15(20)11-14/h6-8,11H,4-5,9-10,12-13H2,1-3H3,(H2,21,23)(H,22,26). The molecule has 1 atom stereocenters. The Bertz CT molecular complexity index is 707. The van der Waals surface area contributed by atoms with Gasteiger partial charge in [0, 0.05) is 18.1 Å². The van der Waals surface area contributed by atoms with E-state index in [9.17, 15) is 9.59 Å². The summed E-state index contributed by atoms with van der Waals surface area (Å²) in [5.74, 6) is -0.493. The Hall–Kier alpha value is -2.12. The number of amides is 2. The first-order valence-corrected chi connectivity index (χ1v) is 9.59. The van der Waals surface area contributed by atoms with E-state index in [1.807, 2.05) is 6.07 Å². The molecule has 0 aromatic heterocycles. The molecular weight excluding hydrogens is 366 g/mol. The molecule has 7 nitrogen and oxygen atoms in total. The van der Waals surface area contributed by atoms with Gasteiger partial charge < -0.3 is 15.5 Å². The fraction of sp³-hybridized carbons (Fsp3) is 0.526. The molecule has 2 rings (SSSR count). The zero-order chi connectivity index (χ0) is 20.0. The Kier molecular flexibility index (Phi) is 7.21. The molecule has 1 fully saturated rings. The lowest BCUT2D eigenvalue weighted by atomic mass is 9.97. The van der Waals surface area contributed by atoms with Gasteiger partial charge in [0.2, 0.25) is 5.91 Å². The molecule has 1 aliphatic rings. The van der Waals surface area contributed by atoms with E-state index in [1.165, 1.54) is 4.90 Å². The highest BCUT2D eigenvalue weighted by Crippen LogP contribution is 2.23. The fourth-order valence-electron chi connectivity index (χ4n) is 3.15. The minimum atomic E-state index is -1.12. The van der Waals surface area contributed by atoms with Crippen LogP contribution in [0.15, 0.2) is 24.3 Å². The highest BCUT2D eigenvalue weighted by atomic mass is 35.5. The van der Waals surface area contributed by atoms with E-state index in [1.54, 1.807) is 25.1 Å². The van der Waals surface area contributed by atoms with Gasteiger partial charge in [0.05, 0.1) is 13.0 Å². The van der Waals surface area contributed by atoms with Crippen LogP contribution in [0, 0.1) is 5.41 Å². The van der Waals surface area contributed by atoms with Crippen molar-refractivity contribution in [2.24, 2.45) is 0 Å². The van der Waals surface area contributed by atoms with E-state index >= 15 is 0 Å². The van der Waals surface area contributed by atoms with Gasteiger partial charge in [-0.15, -0.1) is 0 Å². The highest BCUT2D eigenvalue weighted by molar-refractivity contribution is 6.30. The predicted octanol–water partition coefficient (Wildman–Crippen LogP) is 1.81. The summed E-state index contributed by atoms with van der Waals surface area (Å²) in [6, 6.07) is 7.17. The summed E-state index contributed by atoms with van der Waals surface area (Å²) < 4.78 is 0. The summed E-state index contributed by atoms with van der Waals surface area (Å²) >= 11 is 5.99. The van der Waals surface area contributed by atoms with Gasteiger partial charge in [-0.2, -0.15) is 0 Å². The fourth-order valence-corrected chi connectivity index (χ4v) is 3.36. The second kappa shape index (κ2) is 9.19. The molecule has 1 heterocycles. The Labute approximate surface area is 165 Å². The van der Waals surface area contributed by atoms with Crippen molar-refractivity contribution in [3.8, 4) is 0 Å². The Morgan fingerprint density at radius 1 is 1.37 bits per heavy atom. The number of rotatable bonds is 9. The van der Waals surface area contributed by atoms with Crippen molar-refractivity contribution in [2.45, 2.75) is 39.3 Å². The van der Waals surface area contributed by atoms with E-state index in [-0.39, 0.29) is 30.7 Å². The molecule has 2 amide bonds. The highest BCUT2D eigenvalue weighted by Gasteiger charge is 2.47. The molecule has 0 bridgehead atoms. The van der Waals surface area contributed by atoms with Crippen LogP contribution in [0.5, 0.6) is 0 Å². The first-order chi connectivity index (χ1) is 12.8. The molecule has 27 heavy (non-hydrogen) atoms. The van der Waals surface area contributed by atoms with Gasteiger partial charge in [-0.25, -0.2) is 0 Å². The summed E-state index contributed by atoms with van der Waals surface area (Å²) in [7, 11) is 0. The van der Waals surface area contributed by atoms with Crippen LogP contribution in [0.4, 0.5) is 0 Å². The van der Waals surface area contributed by atoms with Gasteiger partial charge in [-0.05, 0) is 37.7 Å². The number of likely N-dealkylation sites (N-methyl/N-ethyl adjacent to an activating group) is 1. The van der Waals surface area contributed by atoms with Crippen LogP contribution in [0.1, 0.15) is 32.8 Å². The summed E-state index contributed by atoms with van der Waals surface area (Å²) in [5, 5.41) is 14.4. The summed E-state index contributed by atoms with van der Waals surface area (Å²) in [5.41, 5.74) is -0.287. The second-order valence-electron chi connectivity index (χ2n) is 6.88. The summed E-state index contributed by atoms with van der Waals surface area (Å²) in [6.45, 7) is 9.22. The van der Waals surface area contributed by atoms with Crippen molar-refractivity contribution in [3.05, 3.63) is 34.9 Å². The lowest BCUT2D eigenvalue weighted by molar-refractivity contribution is -0.134. The SMILES string of the molecule is CCN(CC)CCNC(=O)CC1(C)NC(=N)N(Cc2cccc(Cl)c2)C1=O. The second-order valence-corrected chi connectivity index (χ2v) is 7.32. The minimum Gasteiger partial charge on any atom is -0.355 e. The number of carbonyl (C=O) groups excluding carboxylic acids is 2. The molecule has 0 aliphatic carbocycles. The molecule has 0 spiro atoms. The van der Waals surface area contributed by atoms with Gasteiger partial charge >= 0.3 is 0 Å². The van der Waals surface area contributed by atoms with Gasteiger partial charge in [0.1, 0.15) is 5.54 Å². The largest absolute Gasteiger partial charge is 0.355 e. The predicted molar refractivity (Wildman–Crippen MR) is 107 cm³/mol. The molecule has 0 radical (unpaired) electrons. The molecule has 1 aromatic rings. The van der Waals surface area contributed by atoms with E-state index in [0.29, 0.717) is 11.6 Å². The van der Waals surface area contributed by atoms with Crippen LogP contribution in [-0.4, -0.2) is 59.3 Å². The van der Waals surface area contributed by atoms with Crippen LogP contribution in [0.2, 0.25) is 5.02 Å². The number of hydrogen-bond donors (Lipinski definition) is 3. The van der Waals surface area contributed by atoms with Crippen molar-refractivity contribution in [2.75, 3.05) is 26.2 Å². The quantitative estimate of drug-likeness (QED) is 0.597. The third-order valence-electron chi connectivity index (χ3n) is 4.77. The molecule has 8 heteroatoms. The molecule has 3 N–H and O–H groups in total. The number of carbonyl (C=O) groups is 2. The number of hydrogen-bond acceptors (Lipinski definition) is 4. The molecule has 1 unspecified atom stereocenters. The van der Waals surface area contributed by atoms with Crippen molar-refractivity contribution in [1.29, 1.82) is 5.41 Å². The summed E-state index contributed by atoms with van der Waals surface area (Å²) in [6.07, 6.45) is -0.0154. The van der Waals surface area contributed by atoms with E-state index < -0.39 is 5.54 Å². The molecular formula is C19H28ClN5O2. The van der Waals surface area contributed by atoms with E-state index in [2.05, 4.69) is 29.4 Å². The average Bonchev–Trinajstić information content (AvgIpc) is 2.82. The Morgan fingerprint density at radius 2 is 2.07 bits per heavy atom. The first-order valence-electron chi connectivity index (χ1n) is 9.21. The number of benzene rings is 1. The van der Waals surface area contributed by atoms with Crippen molar-refractivity contribution < 1.29 is 9.59 Å². The topological polar surface area (TPSA) is 88.5 Å². The zero-order valence-corrected chi connectivity index (χ0v) is 16.9. The van der Waals surface area contributed by atoms with Gasteiger partial charge in [-0.3, -0.25) is 19.9 Å². The molecule has 1 aliphatic heterocycles. The Balaban J connectivity index is 1.94. The van der Waals surface area contributed by atoms with E-state index in [4.69, 9.17) is 17.0 Å². The maximum absolute atomic E-state index is 12.8. The molecule has 1 saturated heterocycles. The minimum absolute atomic E-state index is 0.00147. The van der Waals surface area contributed by atoms with Crippen molar-refractivity contribution in [1.82, 2.24) is 20.4 Å². The first kappa shape index (κ1) is 21.2. The average molecular weight is 394 g/mol. The maximum atomic E-state index is 12.8. The smallest absolute Gasteiger partial charge is 0.255 e. The summed E-state index contributed by atoms with van der Waals surface area (Å²) in [4.78, 5) is 28.7. The monoisotopic (exact) mass is 393 g/mol. The van der Waals surface area contributed by atoms with Gasteiger partial charge in [-0.1, -0.05) is 37.6 Å². The van der Waals surface area contributed by atoms with Crippen LogP contribution in [0.3, 0.4) is 0 Å². The van der Waals surface area contributed by atoms with Crippen LogP contribution >= 0.6 is 11.6 Å². The maximum Gasteiger partial charge on any atom is 0.255 e. The Morgan fingerprint density at radius 3 is 2.70 bits per heavy atom. The van der Waals surface area contributed by atoms with Gasteiger partial charge in [0.25, 0.3) is 5.91 Å². The zero-order valence-electron chi connectivity index (χ0n) is 16.1. The lowest BCUT2D eigenvalue weighted by Gasteiger charge is -2.22. The van der Waals surface area contributed by atoms with Crippen molar-refractivity contribution in [3.63, 3.8) is 0 Å². The van der Waals surface area contributed by atoms with Crippen molar-refractivity contribution >= 4 is 29.4 Å². The van der Waals surface area contributed by atoms with Gasteiger partial charge in [0.15, 0.2) is 5.96 Å². The number of halogens is 1.